The van der Waals surface area contributed by atoms with Crippen LogP contribution in [0, 0.1) is 0 Å². The number of pyridine rings is 1. The van der Waals surface area contributed by atoms with Crippen molar-refractivity contribution < 1.29 is 14.3 Å². The molecule has 0 N–H and O–H groups in total. The summed E-state index contributed by atoms with van der Waals surface area (Å²) in [4.78, 5) is 38.8. The van der Waals surface area contributed by atoms with E-state index in [0.29, 0.717) is 44.8 Å². The van der Waals surface area contributed by atoms with Crippen LogP contribution in [0.3, 0.4) is 0 Å². The van der Waals surface area contributed by atoms with E-state index in [1.807, 2.05) is 87.4 Å². The Hall–Kier alpha value is -4.90. The number of nitrogens with zero attached hydrogens (tertiary/aromatic N) is 8. The number of carbonyl (C=O) groups excluding carboxylic acids is 2. The van der Waals surface area contributed by atoms with Crippen molar-refractivity contribution in [3.05, 3.63) is 85.1 Å². The molecule has 1 atom stereocenters. The zero-order valence-corrected chi connectivity index (χ0v) is 24.6. The number of ether oxygens (including phenoxy) is 1. The third-order valence-electron chi connectivity index (χ3n) is 8.67. The van der Waals surface area contributed by atoms with Gasteiger partial charge in [-0.3, -0.25) is 14.3 Å². The van der Waals surface area contributed by atoms with Crippen molar-refractivity contribution in [1.29, 1.82) is 0 Å². The van der Waals surface area contributed by atoms with E-state index in [1.54, 1.807) is 13.3 Å². The van der Waals surface area contributed by atoms with Crippen molar-refractivity contribution in [3.8, 4) is 22.5 Å². The zero-order valence-electron chi connectivity index (χ0n) is 24.6. The van der Waals surface area contributed by atoms with Crippen molar-refractivity contribution in [3.63, 3.8) is 0 Å². The summed E-state index contributed by atoms with van der Waals surface area (Å²) in [5, 5.41) is 9.10. The molecule has 0 bridgehead atoms. The van der Waals surface area contributed by atoms with Gasteiger partial charge in [-0.25, -0.2) is 14.5 Å². The molecule has 2 aliphatic rings. The van der Waals surface area contributed by atoms with Crippen LogP contribution in [-0.2, 0) is 14.3 Å². The maximum Gasteiger partial charge on any atom is 0.256 e. The number of methoxy groups -OCH3 is 1. The number of benzene rings is 1. The summed E-state index contributed by atoms with van der Waals surface area (Å²) in [6.07, 6.45) is 11.6. The molecule has 1 aliphatic carbocycles. The van der Waals surface area contributed by atoms with E-state index in [4.69, 9.17) is 14.7 Å². The smallest absolute Gasteiger partial charge is 0.256 e. The predicted octanol–water partition coefficient (Wildman–Crippen LogP) is 4.38. The molecule has 1 saturated carbocycles. The highest BCUT2D eigenvalue weighted by Gasteiger charge is 2.29. The SMILES string of the molecule is CO[C@@H](C(=O)N1CCN(c2ccc(-c3nc(-c4cnn(C5CCC(=O)CC5)c4)cn4nccc34)cn2)CC1)c1ccccc1. The van der Waals surface area contributed by atoms with Crippen LogP contribution in [0.5, 0.6) is 0 Å². The van der Waals surface area contributed by atoms with Gasteiger partial charge in [0.05, 0.1) is 41.5 Å². The Kier molecular flexibility index (Phi) is 7.61. The Balaban J connectivity index is 1.06. The lowest BCUT2D eigenvalue weighted by Crippen LogP contribution is -2.50. The summed E-state index contributed by atoms with van der Waals surface area (Å²) < 4.78 is 9.37. The average Bonchev–Trinajstić information content (AvgIpc) is 3.76. The molecule has 2 fully saturated rings. The molecule has 0 unspecified atom stereocenters. The van der Waals surface area contributed by atoms with Crippen LogP contribution in [0.2, 0.25) is 0 Å². The van der Waals surface area contributed by atoms with Crippen molar-refractivity contribution >= 4 is 23.0 Å². The molecule has 11 heteroatoms. The number of carbonyl (C=O) groups is 2. The third-order valence-corrected chi connectivity index (χ3v) is 8.67. The first kappa shape index (κ1) is 27.9. The van der Waals surface area contributed by atoms with Gasteiger partial charge in [0.15, 0.2) is 6.10 Å². The summed E-state index contributed by atoms with van der Waals surface area (Å²) in [7, 11) is 1.58. The zero-order chi connectivity index (χ0) is 30.0. The van der Waals surface area contributed by atoms with Gasteiger partial charge in [-0.2, -0.15) is 10.2 Å². The van der Waals surface area contributed by atoms with Gasteiger partial charge in [-0.05, 0) is 36.6 Å². The first-order valence-electron chi connectivity index (χ1n) is 15.1. The minimum Gasteiger partial charge on any atom is -0.367 e. The largest absolute Gasteiger partial charge is 0.367 e. The van der Waals surface area contributed by atoms with Gasteiger partial charge in [-0.1, -0.05) is 30.3 Å². The van der Waals surface area contributed by atoms with Gasteiger partial charge in [0.25, 0.3) is 5.91 Å². The van der Waals surface area contributed by atoms with Gasteiger partial charge in [-0.15, -0.1) is 0 Å². The van der Waals surface area contributed by atoms with Gasteiger partial charge < -0.3 is 14.5 Å². The van der Waals surface area contributed by atoms with Gasteiger partial charge >= 0.3 is 0 Å². The first-order valence-corrected chi connectivity index (χ1v) is 15.1. The maximum absolute atomic E-state index is 13.2. The van der Waals surface area contributed by atoms with Crippen molar-refractivity contribution in [2.24, 2.45) is 0 Å². The molecule has 5 aromatic rings. The molecule has 1 amide bonds. The number of fused-ring (bicyclic) bond motifs is 1. The Bertz CT molecular complexity index is 1760. The Morgan fingerprint density at radius 1 is 0.909 bits per heavy atom. The van der Waals surface area contributed by atoms with Crippen LogP contribution in [0.15, 0.2) is 79.5 Å². The molecule has 0 spiro atoms. The number of hydrogen-bond donors (Lipinski definition) is 0. The molecule has 1 aromatic carbocycles. The molecule has 1 aliphatic heterocycles. The fraction of sp³-hybridized carbons (Fsp3) is 0.333. The lowest BCUT2D eigenvalue weighted by Gasteiger charge is -2.36. The summed E-state index contributed by atoms with van der Waals surface area (Å²) in [6, 6.07) is 15.8. The lowest BCUT2D eigenvalue weighted by molar-refractivity contribution is -0.142. The second kappa shape index (κ2) is 12.0. The van der Waals surface area contributed by atoms with Crippen LogP contribution in [0.4, 0.5) is 5.82 Å². The second-order valence-electron chi connectivity index (χ2n) is 11.4. The van der Waals surface area contributed by atoms with Crippen molar-refractivity contribution in [2.75, 3.05) is 38.2 Å². The van der Waals surface area contributed by atoms with E-state index in [0.717, 1.165) is 52.3 Å². The minimum atomic E-state index is -0.601. The number of rotatable bonds is 7. The maximum atomic E-state index is 13.2. The van der Waals surface area contributed by atoms with E-state index in [9.17, 15) is 9.59 Å². The summed E-state index contributed by atoms with van der Waals surface area (Å²) in [5.41, 5.74) is 5.10. The number of aromatic nitrogens is 6. The summed E-state index contributed by atoms with van der Waals surface area (Å²) in [5.74, 6) is 1.18. The molecule has 7 rings (SSSR count). The Labute approximate surface area is 255 Å². The van der Waals surface area contributed by atoms with Crippen molar-refractivity contribution in [1.82, 2.24) is 34.3 Å². The predicted molar refractivity (Wildman–Crippen MR) is 165 cm³/mol. The molecule has 0 radical (unpaired) electrons. The lowest BCUT2D eigenvalue weighted by atomic mass is 9.94. The molecule has 4 aromatic heterocycles. The highest BCUT2D eigenvalue weighted by atomic mass is 16.5. The van der Waals surface area contributed by atoms with E-state index in [2.05, 4.69) is 15.1 Å². The topological polar surface area (TPSA) is 111 Å². The van der Waals surface area contributed by atoms with Crippen molar-refractivity contribution in [2.45, 2.75) is 37.8 Å². The van der Waals surface area contributed by atoms with E-state index >= 15 is 0 Å². The minimum absolute atomic E-state index is 0.0168. The Morgan fingerprint density at radius 2 is 1.70 bits per heavy atom. The van der Waals surface area contributed by atoms with Gasteiger partial charge in [0.1, 0.15) is 11.6 Å². The molecule has 224 valence electrons. The second-order valence-corrected chi connectivity index (χ2v) is 11.4. The van der Waals surface area contributed by atoms with Crippen LogP contribution in [0.1, 0.15) is 43.4 Å². The highest BCUT2D eigenvalue weighted by molar-refractivity contribution is 5.83. The van der Waals surface area contributed by atoms with Gasteiger partial charge in [0, 0.05) is 69.7 Å². The van der Waals surface area contributed by atoms with Crippen LogP contribution in [0.25, 0.3) is 28.0 Å². The quantitative estimate of drug-likeness (QED) is 0.275. The first-order chi connectivity index (χ1) is 21.6. The standard InChI is InChI=1S/C33H34N8O3/c1-44-32(23-5-3-2-4-6-23)33(43)39-17-15-38(16-18-39)30-12-7-24(19-34-30)31-29-13-14-35-41(29)22-28(37-31)25-20-36-40(21-25)26-8-10-27(42)11-9-26/h2-7,12-14,19-22,26,32H,8-11,15-18H2,1H3/t32-/m1/s1. The van der Waals surface area contributed by atoms with Crippen LogP contribution < -0.4 is 4.90 Å². The molecular weight excluding hydrogens is 556 g/mol. The van der Waals surface area contributed by atoms with Crippen LogP contribution in [-0.4, -0.2) is 79.2 Å². The van der Waals surface area contributed by atoms with E-state index in [1.165, 1.54) is 0 Å². The third kappa shape index (κ3) is 5.46. The fourth-order valence-electron chi connectivity index (χ4n) is 6.18. The molecular formula is C33H34N8O3. The fourth-order valence-corrected chi connectivity index (χ4v) is 6.18. The average molecular weight is 591 g/mol. The molecule has 44 heavy (non-hydrogen) atoms. The monoisotopic (exact) mass is 590 g/mol. The van der Waals surface area contributed by atoms with E-state index in [-0.39, 0.29) is 11.9 Å². The Morgan fingerprint density at radius 3 is 2.43 bits per heavy atom. The number of Topliss-reactive ketones (excluding diaryl/α,β-unsaturated/α-hetero) is 1. The summed E-state index contributed by atoms with van der Waals surface area (Å²) >= 11 is 0. The molecule has 11 nitrogen and oxygen atoms in total. The summed E-state index contributed by atoms with van der Waals surface area (Å²) in [6.45, 7) is 2.56. The number of ketones is 1. The normalized spacial score (nSPS) is 16.9. The van der Waals surface area contributed by atoms with E-state index < -0.39 is 6.10 Å². The van der Waals surface area contributed by atoms with Crippen LogP contribution >= 0.6 is 0 Å². The molecule has 1 saturated heterocycles. The molecule has 5 heterocycles. The number of piperazine rings is 1. The number of hydrogen-bond acceptors (Lipinski definition) is 8. The van der Waals surface area contributed by atoms with Gasteiger partial charge in [0.2, 0.25) is 0 Å². The number of anilines is 1. The highest BCUT2D eigenvalue weighted by Crippen LogP contribution is 2.30. The number of amides is 1.